The number of hydrogen-bond donors (Lipinski definition) is 2. The van der Waals surface area contributed by atoms with Crippen LogP contribution in [0.3, 0.4) is 0 Å². The lowest BCUT2D eigenvalue weighted by molar-refractivity contribution is -0.117. The van der Waals surface area contributed by atoms with Gasteiger partial charge in [0.05, 0.1) is 22.6 Å². The summed E-state index contributed by atoms with van der Waals surface area (Å²) in [6.07, 6.45) is 4.20. The SMILES string of the molecule is CCc1cc(C(=O)Nc2cc(Oc3ccc4nc(NC(=O)C5CC5)nn4c3)ccc2Cl)n(C)n1. The first-order valence-corrected chi connectivity index (χ1v) is 11.3. The molecule has 0 atom stereocenters. The molecule has 1 fully saturated rings. The van der Waals surface area contributed by atoms with Crippen molar-refractivity contribution >= 4 is 40.7 Å². The van der Waals surface area contributed by atoms with Crippen LogP contribution >= 0.6 is 11.6 Å². The summed E-state index contributed by atoms with van der Waals surface area (Å²) in [6.45, 7) is 1.98. The number of nitrogens with zero attached hydrogens (tertiary/aromatic N) is 5. The molecule has 10 nitrogen and oxygen atoms in total. The molecule has 1 aromatic carbocycles. The van der Waals surface area contributed by atoms with Gasteiger partial charge in [-0.05, 0) is 49.6 Å². The van der Waals surface area contributed by atoms with Crippen LogP contribution in [0.5, 0.6) is 11.5 Å². The van der Waals surface area contributed by atoms with E-state index in [0.717, 1.165) is 25.0 Å². The maximum atomic E-state index is 12.7. The molecule has 1 aliphatic rings. The average molecular weight is 480 g/mol. The van der Waals surface area contributed by atoms with E-state index in [1.54, 1.807) is 49.6 Å². The highest BCUT2D eigenvalue weighted by Crippen LogP contribution is 2.31. The largest absolute Gasteiger partial charge is 0.456 e. The van der Waals surface area contributed by atoms with Crippen molar-refractivity contribution in [2.24, 2.45) is 13.0 Å². The van der Waals surface area contributed by atoms with Crippen LogP contribution < -0.4 is 15.4 Å². The number of hydrogen-bond acceptors (Lipinski definition) is 6. The Morgan fingerprint density at radius 1 is 1.12 bits per heavy atom. The van der Waals surface area contributed by atoms with Gasteiger partial charge >= 0.3 is 0 Å². The first-order valence-electron chi connectivity index (χ1n) is 10.9. The number of aromatic nitrogens is 5. The van der Waals surface area contributed by atoms with E-state index >= 15 is 0 Å². The van der Waals surface area contributed by atoms with E-state index in [1.807, 2.05) is 6.92 Å². The smallest absolute Gasteiger partial charge is 0.273 e. The van der Waals surface area contributed by atoms with Crippen molar-refractivity contribution in [3.05, 3.63) is 59.0 Å². The number of anilines is 2. The average Bonchev–Trinajstić information content (AvgIpc) is 3.49. The minimum atomic E-state index is -0.321. The number of nitrogens with one attached hydrogen (secondary N) is 2. The molecule has 0 radical (unpaired) electrons. The lowest BCUT2D eigenvalue weighted by Gasteiger charge is -2.11. The zero-order chi connectivity index (χ0) is 23.8. The fraction of sp³-hybridized carbons (Fsp3) is 0.261. The fourth-order valence-electron chi connectivity index (χ4n) is 3.43. The van der Waals surface area contributed by atoms with Crippen molar-refractivity contribution in [2.45, 2.75) is 26.2 Å². The third kappa shape index (κ3) is 4.58. The van der Waals surface area contributed by atoms with Gasteiger partial charge in [0.25, 0.3) is 5.91 Å². The molecule has 11 heteroatoms. The molecule has 1 aliphatic carbocycles. The summed E-state index contributed by atoms with van der Waals surface area (Å²) < 4.78 is 9.02. The Morgan fingerprint density at radius 3 is 2.65 bits per heavy atom. The molecule has 4 aromatic rings. The Kier molecular flexibility index (Phi) is 5.66. The molecule has 1 saturated carbocycles. The van der Waals surface area contributed by atoms with E-state index in [2.05, 4.69) is 25.8 Å². The molecule has 0 bridgehead atoms. The van der Waals surface area contributed by atoms with Gasteiger partial charge in [0.2, 0.25) is 11.9 Å². The topological polar surface area (TPSA) is 115 Å². The van der Waals surface area contributed by atoms with Crippen LogP contribution in [0.2, 0.25) is 5.02 Å². The first-order chi connectivity index (χ1) is 16.4. The zero-order valence-electron chi connectivity index (χ0n) is 18.6. The Morgan fingerprint density at radius 2 is 1.91 bits per heavy atom. The van der Waals surface area contributed by atoms with Crippen molar-refractivity contribution in [3.8, 4) is 11.5 Å². The monoisotopic (exact) mass is 479 g/mol. The van der Waals surface area contributed by atoms with E-state index in [9.17, 15) is 9.59 Å². The summed E-state index contributed by atoms with van der Waals surface area (Å²) >= 11 is 6.30. The summed E-state index contributed by atoms with van der Waals surface area (Å²) in [5, 5.41) is 14.5. The van der Waals surface area contributed by atoms with E-state index in [0.29, 0.717) is 33.6 Å². The number of halogens is 1. The normalized spacial score (nSPS) is 13.1. The standard InChI is InChI=1S/C23H22ClN7O3/c1-3-14-10-19(30(2)28-14)22(33)25-18-11-15(6-8-17(18)24)34-16-7-9-20-26-23(29-31(20)12-16)27-21(32)13-4-5-13/h6-13H,3-5H2,1-2H3,(H,25,33)(H,27,29,32). The molecular formula is C23H22ClN7O3. The molecule has 3 heterocycles. The third-order valence-electron chi connectivity index (χ3n) is 5.43. The highest BCUT2D eigenvalue weighted by molar-refractivity contribution is 6.34. The molecule has 0 unspecified atom stereocenters. The number of ether oxygens (including phenoxy) is 1. The number of carbonyl (C=O) groups is 2. The number of benzene rings is 1. The van der Waals surface area contributed by atoms with Gasteiger partial charge in [-0.1, -0.05) is 18.5 Å². The Labute approximate surface area is 199 Å². The molecule has 0 aliphatic heterocycles. The molecular weight excluding hydrogens is 458 g/mol. The van der Waals surface area contributed by atoms with Crippen LogP contribution in [0.4, 0.5) is 11.6 Å². The van der Waals surface area contributed by atoms with Crippen molar-refractivity contribution < 1.29 is 14.3 Å². The van der Waals surface area contributed by atoms with Gasteiger partial charge < -0.3 is 10.1 Å². The van der Waals surface area contributed by atoms with E-state index in [1.165, 1.54) is 9.20 Å². The Balaban J connectivity index is 1.32. The lowest BCUT2D eigenvalue weighted by atomic mass is 10.2. The number of amides is 2. The second-order valence-corrected chi connectivity index (χ2v) is 8.47. The second kappa shape index (κ2) is 8.79. The van der Waals surface area contributed by atoms with Gasteiger partial charge in [-0.15, -0.1) is 5.10 Å². The highest BCUT2D eigenvalue weighted by Gasteiger charge is 2.30. The lowest BCUT2D eigenvalue weighted by Crippen LogP contribution is -2.16. The maximum absolute atomic E-state index is 12.7. The van der Waals surface area contributed by atoms with Crippen molar-refractivity contribution in [3.63, 3.8) is 0 Å². The number of aryl methyl sites for hydroxylation is 2. The molecule has 0 spiro atoms. The molecule has 34 heavy (non-hydrogen) atoms. The van der Waals surface area contributed by atoms with Crippen molar-refractivity contribution in [1.29, 1.82) is 0 Å². The Bertz CT molecular complexity index is 1410. The second-order valence-electron chi connectivity index (χ2n) is 8.06. The minimum Gasteiger partial charge on any atom is -0.456 e. The van der Waals surface area contributed by atoms with Gasteiger partial charge in [-0.3, -0.25) is 19.6 Å². The maximum Gasteiger partial charge on any atom is 0.273 e. The molecule has 2 amide bonds. The molecule has 0 saturated heterocycles. The number of carbonyl (C=O) groups excluding carboxylic acids is 2. The number of fused-ring (bicyclic) bond motifs is 1. The van der Waals surface area contributed by atoms with Gasteiger partial charge in [0.1, 0.15) is 17.2 Å². The van der Waals surface area contributed by atoms with Crippen LogP contribution in [-0.2, 0) is 18.3 Å². The predicted octanol–water partition coefficient (Wildman–Crippen LogP) is 4.07. The molecule has 2 N–H and O–H groups in total. The minimum absolute atomic E-state index is 0.0554. The van der Waals surface area contributed by atoms with Crippen LogP contribution in [0, 0.1) is 5.92 Å². The summed E-state index contributed by atoms with van der Waals surface area (Å²) in [5.41, 5.74) is 2.25. The van der Waals surface area contributed by atoms with E-state index < -0.39 is 0 Å². The van der Waals surface area contributed by atoms with Gasteiger partial charge in [0, 0.05) is 19.0 Å². The quantitative estimate of drug-likeness (QED) is 0.413. The summed E-state index contributed by atoms with van der Waals surface area (Å²) in [7, 11) is 1.72. The van der Waals surface area contributed by atoms with Gasteiger partial charge in [0.15, 0.2) is 5.65 Å². The predicted molar refractivity (Wildman–Crippen MR) is 126 cm³/mol. The Hall–Kier alpha value is -3.92. The van der Waals surface area contributed by atoms with E-state index in [4.69, 9.17) is 16.3 Å². The third-order valence-corrected chi connectivity index (χ3v) is 5.76. The van der Waals surface area contributed by atoms with Gasteiger partial charge in [-0.2, -0.15) is 10.1 Å². The number of rotatable bonds is 7. The molecule has 3 aromatic heterocycles. The zero-order valence-corrected chi connectivity index (χ0v) is 19.3. The fourth-order valence-corrected chi connectivity index (χ4v) is 3.60. The van der Waals surface area contributed by atoms with Crippen LogP contribution in [0.1, 0.15) is 35.9 Å². The summed E-state index contributed by atoms with van der Waals surface area (Å²) in [4.78, 5) is 29.0. The van der Waals surface area contributed by atoms with Crippen molar-refractivity contribution in [2.75, 3.05) is 10.6 Å². The van der Waals surface area contributed by atoms with E-state index in [-0.39, 0.29) is 23.7 Å². The number of pyridine rings is 1. The molecule has 174 valence electrons. The van der Waals surface area contributed by atoms with Crippen LogP contribution in [0.15, 0.2) is 42.6 Å². The van der Waals surface area contributed by atoms with Crippen LogP contribution in [0.25, 0.3) is 5.65 Å². The van der Waals surface area contributed by atoms with Crippen molar-refractivity contribution in [1.82, 2.24) is 24.4 Å². The van der Waals surface area contributed by atoms with Crippen LogP contribution in [-0.4, -0.2) is 36.2 Å². The highest BCUT2D eigenvalue weighted by atomic mass is 35.5. The summed E-state index contributed by atoms with van der Waals surface area (Å²) in [5.74, 6) is 0.916. The summed E-state index contributed by atoms with van der Waals surface area (Å²) in [6, 6.07) is 10.2. The van der Waals surface area contributed by atoms with Gasteiger partial charge in [-0.25, -0.2) is 4.52 Å². The molecule has 5 rings (SSSR count). The first kappa shape index (κ1) is 21.9.